The Bertz CT molecular complexity index is 1020. The first kappa shape index (κ1) is 21.2. The molecule has 2 N–H and O–H groups in total. The molecule has 3 aliphatic heterocycles. The van der Waals surface area contributed by atoms with Crippen molar-refractivity contribution in [2.45, 2.75) is 45.1 Å². The maximum absolute atomic E-state index is 12.7. The number of piperidine rings is 1. The number of benzene rings is 1. The van der Waals surface area contributed by atoms with Crippen molar-refractivity contribution in [3.05, 3.63) is 52.2 Å². The first-order chi connectivity index (χ1) is 15.6. The molecule has 0 saturated carbocycles. The molecule has 1 atom stereocenters. The van der Waals surface area contributed by atoms with Crippen LogP contribution in [0.15, 0.2) is 24.3 Å². The van der Waals surface area contributed by atoms with Gasteiger partial charge in [-0.2, -0.15) is 0 Å². The van der Waals surface area contributed by atoms with E-state index in [2.05, 4.69) is 17.0 Å². The first-order valence-corrected chi connectivity index (χ1v) is 11.2. The monoisotopic (exact) mass is 439 g/mol. The average Bonchev–Trinajstić information content (AvgIpc) is 3.36. The number of aryl methyl sites for hydroxylation is 1. The van der Waals surface area contributed by atoms with Gasteiger partial charge in [-0.05, 0) is 41.8 Å². The second-order valence-electron chi connectivity index (χ2n) is 8.71. The minimum atomic E-state index is -0.506. The molecule has 4 heterocycles. The standard InChI is InChI=1S/C24H29N3O5/c1-15-10-20-22(21(12-29)27(8-9-28)24(20)30)25-23(15)26-6-4-18(5-7-26)32-19-3-2-16-13-31-14-17(16)11-19/h2-3,10-11,18,21,28-29H,4-9,12-14H2,1H3. The number of aliphatic hydroxyl groups excluding tert-OH is 2. The third kappa shape index (κ3) is 3.72. The van der Waals surface area contributed by atoms with E-state index in [9.17, 15) is 15.0 Å². The highest BCUT2D eigenvalue weighted by molar-refractivity contribution is 5.99. The zero-order chi connectivity index (χ0) is 22.2. The fraction of sp³-hybridized carbons (Fsp3) is 0.500. The molecule has 8 nitrogen and oxygen atoms in total. The minimum Gasteiger partial charge on any atom is -0.490 e. The van der Waals surface area contributed by atoms with Crippen molar-refractivity contribution in [2.75, 3.05) is 37.7 Å². The normalized spacial score (nSPS) is 20.6. The van der Waals surface area contributed by atoms with E-state index in [0.29, 0.717) is 24.5 Å². The van der Waals surface area contributed by atoms with E-state index in [-0.39, 0.29) is 31.8 Å². The number of nitrogens with zero attached hydrogens (tertiary/aromatic N) is 3. The number of aliphatic hydroxyl groups is 2. The molecular formula is C24H29N3O5. The number of hydrogen-bond acceptors (Lipinski definition) is 7. The van der Waals surface area contributed by atoms with Crippen LogP contribution in [0.5, 0.6) is 5.75 Å². The molecule has 3 aliphatic rings. The number of amides is 1. The largest absolute Gasteiger partial charge is 0.490 e. The second kappa shape index (κ2) is 8.69. The summed E-state index contributed by atoms with van der Waals surface area (Å²) >= 11 is 0. The number of pyridine rings is 1. The van der Waals surface area contributed by atoms with Crippen molar-refractivity contribution in [2.24, 2.45) is 0 Å². The van der Waals surface area contributed by atoms with E-state index >= 15 is 0 Å². The molecule has 32 heavy (non-hydrogen) atoms. The highest BCUT2D eigenvalue weighted by atomic mass is 16.5. The lowest BCUT2D eigenvalue weighted by atomic mass is 10.0. The number of fused-ring (bicyclic) bond motifs is 2. The number of aromatic nitrogens is 1. The van der Waals surface area contributed by atoms with Gasteiger partial charge in [-0.15, -0.1) is 0 Å². The SMILES string of the molecule is Cc1cc2c(nc1N1CCC(Oc3ccc4c(c3)COC4)CC1)C(CO)N(CCO)C2=O. The number of carbonyl (C=O) groups is 1. The Balaban J connectivity index is 1.28. The smallest absolute Gasteiger partial charge is 0.256 e. The molecule has 1 amide bonds. The number of ether oxygens (including phenoxy) is 2. The van der Waals surface area contributed by atoms with Crippen LogP contribution in [-0.2, 0) is 18.0 Å². The third-order valence-corrected chi connectivity index (χ3v) is 6.65. The molecule has 5 rings (SSSR count). The summed E-state index contributed by atoms with van der Waals surface area (Å²) in [6.07, 6.45) is 1.91. The predicted molar refractivity (Wildman–Crippen MR) is 118 cm³/mol. The number of carbonyl (C=O) groups excluding carboxylic acids is 1. The van der Waals surface area contributed by atoms with Gasteiger partial charge in [0.15, 0.2) is 0 Å². The highest BCUT2D eigenvalue weighted by Crippen LogP contribution is 2.36. The maximum Gasteiger partial charge on any atom is 0.256 e. The molecule has 0 aliphatic carbocycles. The van der Waals surface area contributed by atoms with E-state index in [1.165, 1.54) is 16.0 Å². The molecule has 170 valence electrons. The van der Waals surface area contributed by atoms with Gasteiger partial charge in [0.1, 0.15) is 17.7 Å². The molecule has 1 aromatic heterocycles. The third-order valence-electron chi connectivity index (χ3n) is 6.65. The zero-order valence-electron chi connectivity index (χ0n) is 18.3. The quantitative estimate of drug-likeness (QED) is 0.710. The summed E-state index contributed by atoms with van der Waals surface area (Å²) < 4.78 is 11.7. The minimum absolute atomic E-state index is 0.146. The maximum atomic E-state index is 12.7. The van der Waals surface area contributed by atoms with Gasteiger partial charge >= 0.3 is 0 Å². The lowest BCUT2D eigenvalue weighted by Gasteiger charge is -2.34. The number of rotatable bonds is 6. The lowest BCUT2D eigenvalue weighted by Crippen LogP contribution is -2.39. The topological polar surface area (TPSA) is 95.4 Å². The molecule has 0 radical (unpaired) electrons. The molecular weight excluding hydrogens is 410 g/mol. The van der Waals surface area contributed by atoms with Crippen molar-refractivity contribution < 1.29 is 24.5 Å². The van der Waals surface area contributed by atoms with Gasteiger partial charge in [-0.1, -0.05) is 6.07 Å². The first-order valence-electron chi connectivity index (χ1n) is 11.2. The Hall–Kier alpha value is -2.68. The predicted octanol–water partition coefficient (Wildman–Crippen LogP) is 1.95. The Kier molecular flexibility index (Phi) is 5.75. The van der Waals surface area contributed by atoms with Gasteiger partial charge < -0.3 is 29.5 Å². The Morgan fingerprint density at radius 1 is 1.16 bits per heavy atom. The van der Waals surface area contributed by atoms with Crippen LogP contribution in [0, 0.1) is 6.92 Å². The number of hydrogen-bond donors (Lipinski definition) is 2. The summed E-state index contributed by atoms with van der Waals surface area (Å²) in [5, 5.41) is 19.2. The van der Waals surface area contributed by atoms with Crippen molar-refractivity contribution in [3.8, 4) is 5.75 Å². The Morgan fingerprint density at radius 3 is 2.69 bits per heavy atom. The second-order valence-corrected chi connectivity index (χ2v) is 8.71. The summed E-state index contributed by atoms with van der Waals surface area (Å²) in [7, 11) is 0. The molecule has 2 aromatic rings. The van der Waals surface area contributed by atoms with Crippen LogP contribution in [-0.4, -0.2) is 65.0 Å². The van der Waals surface area contributed by atoms with Crippen LogP contribution in [0.2, 0.25) is 0 Å². The van der Waals surface area contributed by atoms with Crippen LogP contribution in [0.4, 0.5) is 5.82 Å². The summed E-state index contributed by atoms with van der Waals surface area (Å²) in [4.78, 5) is 21.3. The van der Waals surface area contributed by atoms with Crippen LogP contribution in [0.25, 0.3) is 0 Å². The summed E-state index contributed by atoms with van der Waals surface area (Å²) in [6, 6.07) is 7.56. The molecule has 1 aromatic carbocycles. The fourth-order valence-corrected chi connectivity index (χ4v) is 4.96. The Labute approximate surface area is 187 Å². The van der Waals surface area contributed by atoms with E-state index < -0.39 is 6.04 Å². The van der Waals surface area contributed by atoms with Gasteiger partial charge in [0.2, 0.25) is 0 Å². The Morgan fingerprint density at radius 2 is 1.94 bits per heavy atom. The van der Waals surface area contributed by atoms with Gasteiger partial charge in [0.05, 0.1) is 43.7 Å². The fourth-order valence-electron chi connectivity index (χ4n) is 4.96. The van der Waals surface area contributed by atoms with Crippen molar-refractivity contribution in [1.82, 2.24) is 9.88 Å². The van der Waals surface area contributed by atoms with E-state index in [1.54, 1.807) is 0 Å². The summed E-state index contributed by atoms with van der Waals surface area (Å²) in [5.74, 6) is 1.57. The summed E-state index contributed by atoms with van der Waals surface area (Å²) in [6.45, 7) is 4.75. The van der Waals surface area contributed by atoms with E-state index in [4.69, 9.17) is 14.5 Å². The van der Waals surface area contributed by atoms with Gasteiger partial charge in [-0.25, -0.2) is 4.98 Å². The molecule has 1 saturated heterocycles. The van der Waals surface area contributed by atoms with Crippen LogP contribution in [0.1, 0.15) is 51.6 Å². The zero-order valence-corrected chi connectivity index (χ0v) is 18.3. The van der Waals surface area contributed by atoms with Crippen LogP contribution >= 0.6 is 0 Å². The van der Waals surface area contributed by atoms with E-state index in [1.807, 2.05) is 19.1 Å². The van der Waals surface area contributed by atoms with Gasteiger partial charge in [0, 0.05) is 32.5 Å². The molecule has 1 unspecified atom stereocenters. The van der Waals surface area contributed by atoms with Crippen LogP contribution in [0.3, 0.4) is 0 Å². The van der Waals surface area contributed by atoms with Gasteiger partial charge in [-0.3, -0.25) is 4.79 Å². The van der Waals surface area contributed by atoms with E-state index in [0.717, 1.165) is 43.1 Å². The number of anilines is 1. The van der Waals surface area contributed by atoms with Crippen molar-refractivity contribution in [1.29, 1.82) is 0 Å². The molecule has 8 heteroatoms. The lowest BCUT2D eigenvalue weighted by molar-refractivity contribution is 0.0603. The molecule has 1 fully saturated rings. The number of β-amino-alcohol motifs (C(OH)–C–C–N with tert-alkyl or cyclic N) is 1. The summed E-state index contributed by atoms with van der Waals surface area (Å²) in [5.41, 5.74) is 4.52. The molecule has 0 spiro atoms. The van der Waals surface area contributed by atoms with Gasteiger partial charge in [0.25, 0.3) is 5.91 Å². The average molecular weight is 440 g/mol. The van der Waals surface area contributed by atoms with Crippen molar-refractivity contribution in [3.63, 3.8) is 0 Å². The molecule has 0 bridgehead atoms. The van der Waals surface area contributed by atoms with Crippen molar-refractivity contribution >= 4 is 11.7 Å². The highest BCUT2D eigenvalue weighted by Gasteiger charge is 2.38. The van der Waals surface area contributed by atoms with Crippen LogP contribution < -0.4 is 9.64 Å².